The molecule has 6 nitrogen and oxygen atoms in total. The summed E-state index contributed by atoms with van der Waals surface area (Å²) < 4.78 is 0. The Kier molecular flexibility index (Phi) is 4.42. The predicted molar refractivity (Wildman–Crippen MR) is 65.0 cm³/mol. The second-order valence-electron chi connectivity index (χ2n) is 3.43. The first kappa shape index (κ1) is 13.4. The number of nitrogens with two attached hydrogens (primary N) is 1. The fraction of sp³-hybridized carbons (Fsp3) is 0.300. The van der Waals surface area contributed by atoms with Crippen LogP contribution in [0.2, 0.25) is 5.02 Å². The number of non-ortho nitro benzene ring substituents is 1. The SMILES string of the molecule is CC[C@H](N)C(=O)Nc1cc([N+](=O)[O-])ccc1Cl. The van der Waals surface area contributed by atoms with Crippen LogP contribution in [0.3, 0.4) is 0 Å². The van der Waals surface area contributed by atoms with Gasteiger partial charge in [-0.05, 0) is 12.5 Å². The largest absolute Gasteiger partial charge is 0.323 e. The lowest BCUT2D eigenvalue weighted by Crippen LogP contribution is -2.34. The number of carbonyl (C=O) groups is 1. The maximum Gasteiger partial charge on any atom is 0.271 e. The zero-order chi connectivity index (χ0) is 13.0. The summed E-state index contributed by atoms with van der Waals surface area (Å²) in [5.41, 5.74) is 5.57. The zero-order valence-electron chi connectivity index (χ0n) is 9.14. The fourth-order valence-corrected chi connectivity index (χ4v) is 1.30. The Morgan fingerprint density at radius 1 is 1.65 bits per heavy atom. The van der Waals surface area contributed by atoms with Gasteiger partial charge in [-0.1, -0.05) is 18.5 Å². The van der Waals surface area contributed by atoms with Crippen LogP contribution in [-0.2, 0) is 4.79 Å². The number of halogens is 1. The molecule has 0 unspecified atom stereocenters. The molecule has 1 atom stereocenters. The van der Waals surface area contributed by atoms with Gasteiger partial charge in [0.05, 0.1) is 21.7 Å². The third-order valence-corrected chi connectivity index (χ3v) is 2.52. The molecule has 17 heavy (non-hydrogen) atoms. The van der Waals surface area contributed by atoms with E-state index in [2.05, 4.69) is 5.32 Å². The van der Waals surface area contributed by atoms with Crippen LogP contribution >= 0.6 is 11.6 Å². The Hall–Kier alpha value is -1.66. The van der Waals surface area contributed by atoms with Crippen molar-refractivity contribution in [3.05, 3.63) is 33.3 Å². The van der Waals surface area contributed by atoms with Crippen molar-refractivity contribution in [2.45, 2.75) is 19.4 Å². The van der Waals surface area contributed by atoms with Crippen molar-refractivity contribution in [3.63, 3.8) is 0 Å². The van der Waals surface area contributed by atoms with Crippen molar-refractivity contribution in [1.29, 1.82) is 0 Å². The number of nitro benzene ring substituents is 1. The summed E-state index contributed by atoms with van der Waals surface area (Å²) >= 11 is 5.81. The highest BCUT2D eigenvalue weighted by Crippen LogP contribution is 2.26. The van der Waals surface area contributed by atoms with Gasteiger partial charge in [0.25, 0.3) is 5.69 Å². The van der Waals surface area contributed by atoms with Crippen LogP contribution in [-0.4, -0.2) is 16.9 Å². The molecule has 0 aliphatic carbocycles. The van der Waals surface area contributed by atoms with E-state index in [1.165, 1.54) is 18.2 Å². The number of nitro groups is 1. The van der Waals surface area contributed by atoms with Gasteiger partial charge in [0.2, 0.25) is 5.91 Å². The van der Waals surface area contributed by atoms with Gasteiger partial charge in [0, 0.05) is 12.1 Å². The Morgan fingerprint density at radius 3 is 2.82 bits per heavy atom. The lowest BCUT2D eigenvalue weighted by Gasteiger charge is -2.10. The molecule has 0 saturated heterocycles. The second kappa shape index (κ2) is 5.60. The molecule has 0 aliphatic heterocycles. The van der Waals surface area contributed by atoms with Crippen LogP contribution in [0.1, 0.15) is 13.3 Å². The van der Waals surface area contributed by atoms with Crippen LogP contribution < -0.4 is 11.1 Å². The molecule has 0 radical (unpaired) electrons. The highest BCUT2D eigenvalue weighted by Gasteiger charge is 2.15. The van der Waals surface area contributed by atoms with Crippen molar-refractivity contribution in [1.82, 2.24) is 0 Å². The first-order valence-corrected chi connectivity index (χ1v) is 5.34. The number of rotatable bonds is 4. The minimum Gasteiger partial charge on any atom is -0.323 e. The van der Waals surface area contributed by atoms with Crippen LogP contribution in [0.25, 0.3) is 0 Å². The van der Waals surface area contributed by atoms with Crippen LogP contribution in [0, 0.1) is 10.1 Å². The van der Waals surface area contributed by atoms with E-state index in [0.29, 0.717) is 6.42 Å². The van der Waals surface area contributed by atoms with Gasteiger partial charge in [0.1, 0.15) is 0 Å². The average Bonchev–Trinajstić information content (AvgIpc) is 2.30. The fourth-order valence-electron chi connectivity index (χ4n) is 1.13. The zero-order valence-corrected chi connectivity index (χ0v) is 9.90. The molecule has 0 spiro atoms. The standard InChI is InChI=1S/C10H12ClN3O3/c1-2-8(12)10(15)13-9-5-6(14(16)17)3-4-7(9)11/h3-5,8H,2,12H2,1H3,(H,13,15)/t8-/m0/s1. The average molecular weight is 258 g/mol. The normalized spacial score (nSPS) is 11.9. The molecule has 0 saturated carbocycles. The lowest BCUT2D eigenvalue weighted by atomic mass is 10.2. The summed E-state index contributed by atoms with van der Waals surface area (Å²) in [5.74, 6) is -0.421. The molecule has 92 valence electrons. The summed E-state index contributed by atoms with van der Waals surface area (Å²) in [5, 5.41) is 13.3. The molecule has 1 aromatic carbocycles. The van der Waals surface area contributed by atoms with Gasteiger partial charge >= 0.3 is 0 Å². The van der Waals surface area contributed by atoms with Crippen LogP contribution in [0.5, 0.6) is 0 Å². The van der Waals surface area contributed by atoms with Crippen molar-refractivity contribution in [2.24, 2.45) is 5.73 Å². The highest BCUT2D eigenvalue weighted by molar-refractivity contribution is 6.33. The van der Waals surface area contributed by atoms with Gasteiger partial charge in [-0.15, -0.1) is 0 Å². The summed E-state index contributed by atoms with van der Waals surface area (Å²) in [6.45, 7) is 1.76. The monoisotopic (exact) mass is 257 g/mol. The van der Waals surface area contributed by atoms with Gasteiger partial charge in [-0.3, -0.25) is 14.9 Å². The van der Waals surface area contributed by atoms with Crippen LogP contribution in [0.15, 0.2) is 18.2 Å². The number of amides is 1. The smallest absolute Gasteiger partial charge is 0.271 e. The molecule has 7 heteroatoms. The highest BCUT2D eigenvalue weighted by atomic mass is 35.5. The van der Waals surface area contributed by atoms with Gasteiger partial charge in [0.15, 0.2) is 0 Å². The Bertz CT molecular complexity index is 450. The molecular formula is C10H12ClN3O3. The predicted octanol–water partition coefficient (Wildman–Crippen LogP) is 1.92. The first-order valence-electron chi connectivity index (χ1n) is 4.96. The van der Waals surface area contributed by atoms with E-state index in [9.17, 15) is 14.9 Å². The minimum atomic E-state index is -0.662. The Morgan fingerprint density at radius 2 is 2.29 bits per heavy atom. The molecule has 0 heterocycles. The van der Waals surface area contributed by atoms with Crippen molar-refractivity contribution < 1.29 is 9.72 Å². The lowest BCUT2D eigenvalue weighted by molar-refractivity contribution is -0.384. The van der Waals surface area contributed by atoms with E-state index in [1.54, 1.807) is 6.92 Å². The third kappa shape index (κ3) is 3.40. The topological polar surface area (TPSA) is 98.3 Å². The molecule has 1 rings (SSSR count). The first-order chi connectivity index (χ1) is 7.95. The summed E-state index contributed by atoms with van der Waals surface area (Å²) in [4.78, 5) is 21.5. The van der Waals surface area contributed by atoms with Gasteiger partial charge in [-0.2, -0.15) is 0 Å². The van der Waals surface area contributed by atoms with E-state index in [-0.39, 0.29) is 16.4 Å². The van der Waals surface area contributed by atoms with E-state index < -0.39 is 16.9 Å². The van der Waals surface area contributed by atoms with E-state index in [1.807, 2.05) is 0 Å². The molecule has 0 aromatic heterocycles. The number of nitrogens with one attached hydrogen (secondary N) is 1. The Balaban J connectivity index is 2.94. The molecule has 0 aliphatic rings. The van der Waals surface area contributed by atoms with Crippen molar-refractivity contribution in [3.8, 4) is 0 Å². The number of hydrogen-bond donors (Lipinski definition) is 2. The van der Waals surface area contributed by atoms with Gasteiger partial charge in [-0.25, -0.2) is 0 Å². The second-order valence-corrected chi connectivity index (χ2v) is 3.83. The number of hydrogen-bond acceptors (Lipinski definition) is 4. The van der Waals surface area contributed by atoms with E-state index >= 15 is 0 Å². The number of benzene rings is 1. The summed E-state index contributed by atoms with van der Waals surface area (Å²) in [6, 6.07) is 3.15. The maximum absolute atomic E-state index is 11.5. The Labute approximate surface area is 103 Å². The molecule has 0 fully saturated rings. The van der Waals surface area contributed by atoms with Gasteiger partial charge < -0.3 is 11.1 Å². The van der Waals surface area contributed by atoms with Crippen molar-refractivity contribution >= 4 is 28.9 Å². The molecular weight excluding hydrogens is 246 g/mol. The number of carbonyl (C=O) groups excluding carboxylic acids is 1. The maximum atomic E-state index is 11.5. The molecule has 0 bridgehead atoms. The number of nitrogens with zero attached hydrogens (tertiary/aromatic N) is 1. The molecule has 1 amide bonds. The number of anilines is 1. The summed E-state index contributed by atoms with van der Waals surface area (Å²) in [7, 11) is 0. The quantitative estimate of drug-likeness (QED) is 0.636. The van der Waals surface area contributed by atoms with Crippen molar-refractivity contribution in [2.75, 3.05) is 5.32 Å². The van der Waals surface area contributed by atoms with Crippen LogP contribution in [0.4, 0.5) is 11.4 Å². The molecule has 1 aromatic rings. The van der Waals surface area contributed by atoms with E-state index in [4.69, 9.17) is 17.3 Å². The van der Waals surface area contributed by atoms with E-state index in [0.717, 1.165) is 0 Å². The third-order valence-electron chi connectivity index (χ3n) is 2.20. The summed E-state index contributed by atoms with van der Waals surface area (Å²) in [6.07, 6.45) is 0.471. The minimum absolute atomic E-state index is 0.144. The molecule has 3 N–H and O–H groups in total.